The van der Waals surface area contributed by atoms with Crippen molar-refractivity contribution in [3.8, 4) is 0 Å². The molecule has 0 saturated heterocycles. The van der Waals surface area contributed by atoms with Crippen molar-refractivity contribution in [2.45, 2.75) is 26.3 Å². The van der Waals surface area contributed by atoms with E-state index in [1.54, 1.807) is 6.34 Å². The quantitative estimate of drug-likeness (QED) is 0.578. The Labute approximate surface area is 61.2 Å². The third-order valence-corrected chi connectivity index (χ3v) is 1.97. The summed E-state index contributed by atoms with van der Waals surface area (Å²) in [6.45, 7) is 6.34. The van der Waals surface area contributed by atoms with Gasteiger partial charge in [0.2, 0.25) is 0 Å². The zero-order valence-corrected chi connectivity index (χ0v) is 6.63. The molecule has 1 N–H and O–H groups in total. The molecular weight excluding hydrogens is 126 g/mol. The normalized spacial score (nSPS) is 30.8. The van der Waals surface area contributed by atoms with Crippen LogP contribution >= 0.6 is 0 Å². The average molecular weight is 139 g/mol. The number of aliphatic imine (C=N–C) groups is 1. The Balaban J connectivity index is 2.75. The SMILES string of the molecule is CC(C)C1(C)C=NNC=N1. The van der Waals surface area contributed by atoms with Gasteiger partial charge in [-0.05, 0) is 12.8 Å². The van der Waals surface area contributed by atoms with E-state index in [1.165, 1.54) is 0 Å². The molecule has 1 atom stereocenters. The Bertz CT molecular complexity index is 158. The summed E-state index contributed by atoms with van der Waals surface area (Å²) >= 11 is 0. The van der Waals surface area contributed by atoms with E-state index in [0.717, 1.165) is 0 Å². The lowest BCUT2D eigenvalue weighted by Crippen LogP contribution is -2.35. The zero-order valence-electron chi connectivity index (χ0n) is 6.63. The summed E-state index contributed by atoms with van der Waals surface area (Å²) in [5, 5.41) is 3.93. The summed E-state index contributed by atoms with van der Waals surface area (Å²) in [4.78, 5) is 4.28. The molecule has 0 saturated carbocycles. The largest absolute Gasteiger partial charge is 0.268 e. The summed E-state index contributed by atoms with van der Waals surface area (Å²) in [6.07, 6.45) is 3.48. The number of hydrogen-bond acceptors (Lipinski definition) is 3. The van der Waals surface area contributed by atoms with Gasteiger partial charge in [0.1, 0.15) is 6.34 Å². The van der Waals surface area contributed by atoms with Gasteiger partial charge in [0, 0.05) is 0 Å². The van der Waals surface area contributed by atoms with Crippen molar-refractivity contribution in [3.63, 3.8) is 0 Å². The summed E-state index contributed by atoms with van der Waals surface area (Å²) in [7, 11) is 0. The molecule has 0 aromatic heterocycles. The average Bonchev–Trinajstić information content (AvgIpc) is 1.89. The van der Waals surface area contributed by atoms with Crippen molar-refractivity contribution < 1.29 is 0 Å². The molecule has 0 fully saturated rings. The topological polar surface area (TPSA) is 36.8 Å². The van der Waals surface area contributed by atoms with E-state index in [2.05, 4.69) is 36.3 Å². The molecule has 0 aliphatic carbocycles. The second-order valence-electron chi connectivity index (χ2n) is 3.03. The molecule has 0 radical (unpaired) electrons. The number of rotatable bonds is 1. The maximum Gasteiger partial charge on any atom is 0.104 e. The van der Waals surface area contributed by atoms with Crippen molar-refractivity contribution in [1.82, 2.24) is 5.43 Å². The highest BCUT2D eigenvalue weighted by atomic mass is 15.3. The van der Waals surface area contributed by atoms with E-state index < -0.39 is 0 Å². The minimum Gasteiger partial charge on any atom is -0.268 e. The molecule has 1 unspecified atom stereocenters. The minimum absolute atomic E-state index is 0.106. The fraction of sp³-hybridized carbons (Fsp3) is 0.714. The molecule has 10 heavy (non-hydrogen) atoms. The molecule has 0 aromatic carbocycles. The third kappa shape index (κ3) is 1.17. The highest BCUT2D eigenvalue weighted by molar-refractivity contribution is 5.76. The van der Waals surface area contributed by atoms with Gasteiger partial charge in [-0.1, -0.05) is 13.8 Å². The van der Waals surface area contributed by atoms with Gasteiger partial charge in [-0.15, -0.1) is 0 Å². The summed E-state index contributed by atoms with van der Waals surface area (Å²) < 4.78 is 0. The van der Waals surface area contributed by atoms with Gasteiger partial charge in [-0.2, -0.15) is 5.10 Å². The second-order valence-corrected chi connectivity index (χ2v) is 3.03. The fourth-order valence-corrected chi connectivity index (χ4v) is 0.701. The number of nitrogens with one attached hydrogen (secondary N) is 1. The fourth-order valence-electron chi connectivity index (χ4n) is 0.701. The van der Waals surface area contributed by atoms with Gasteiger partial charge in [0.15, 0.2) is 0 Å². The standard InChI is InChI=1S/C7H13N3/c1-6(2)7(3)4-9-10-5-8-7/h4-6H,1-3H3,(H,8,10). The van der Waals surface area contributed by atoms with Crippen LogP contribution in [-0.4, -0.2) is 18.1 Å². The van der Waals surface area contributed by atoms with Crippen LogP contribution in [0.1, 0.15) is 20.8 Å². The van der Waals surface area contributed by atoms with Crippen LogP contribution in [0.2, 0.25) is 0 Å². The number of nitrogens with zero attached hydrogens (tertiary/aromatic N) is 2. The maximum atomic E-state index is 4.28. The van der Waals surface area contributed by atoms with Crippen LogP contribution in [0, 0.1) is 5.92 Å². The van der Waals surface area contributed by atoms with E-state index in [-0.39, 0.29) is 5.54 Å². The molecule has 1 heterocycles. The molecule has 56 valence electrons. The van der Waals surface area contributed by atoms with Gasteiger partial charge >= 0.3 is 0 Å². The first-order valence-electron chi connectivity index (χ1n) is 3.48. The third-order valence-electron chi connectivity index (χ3n) is 1.97. The summed E-state index contributed by atoms with van der Waals surface area (Å²) in [6, 6.07) is 0. The van der Waals surface area contributed by atoms with Crippen molar-refractivity contribution in [1.29, 1.82) is 0 Å². The maximum absolute atomic E-state index is 4.28. The Kier molecular flexibility index (Phi) is 1.74. The number of hydrazone groups is 1. The summed E-state index contributed by atoms with van der Waals surface area (Å²) in [5.41, 5.74) is 2.57. The van der Waals surface area contributed by atoms with E-state index in [0.29, 0.717) is 5.92 Å². The lowest BCUT2D eigenvalue weighted by molar-refractivity contribution is 0.453. The van der Waals surface area contributed by atoms with Crippen LogP contribution in [0.4, 0.5) is 0 Å². The first-order chi connectivity index (χ1) is 4.65. The van der Waals surface area contributed by atoms with Gasteiger partial charge in [-0.3, -0.25) is 10.4 Å². The van der Waals surface area contributed by atoms with E-state index in [1.807, 2.05) is 6.21 Å². The Morgan fingerprint density at radius 2 is 2.20 bits per heavy atom. The minimum atomic E-state index is -0.106. The molecule has 0 aromatic rings. The van der Waals surface area contributed by atoms with Crippen LogP contribution in [0.15, 0.2) is 10.1 Å². The first-order valence-corrected chi connectivity index (χ1v) is 3.48. The summed E-state index contributed by atoms with van der Waals surface area (Å²) in [5.74, 6) is 0.495. The predicted octanol–water partition coefficient (Wildman–Crippen LogP) is 1.02. The highest BCUT2D eigenvalue weighted by Gasteiger charge is 2.25. The van der Waals surface area contributed by atoms with Gasteiger partial charge < -0.3 is 0 Å². The van der Waals surface area contributed by atoms with Crippen molar-refractivity contribution in [3.05, 3.63) is 0 Å². The molecule has 0 spiro atoms. The molecule has 1 rings (SSSR count). The van der Waals surface area contributed by atoms with Crippen LogP contribution in [0.5, 0.6) is 0 Å². The molecule has 3 heteroatoms. The molecule has 0 amide bonds. The number of hydrogen-bond donors (Lipinski definition) is 1. The lowest BCUT2D eigenvalue weighted by atomic mass is 9.90. The van der Waals surface area contributed by atoms with Crippen LogP contribution < -0.4 is 5.43 Å². The van der Waals surface area contributed by atoms with Gasteiger partial charge in [-0.25, -0.2) is 0 Å². The smallest absolute Gasteiger partial charge is 0.104 e. The Morgan fingerprint density at radius 3 is 2.50 bits per heavy atom. The van der Waals surface area contributed by atoms with Gasteiger partial charge in [0.25, 0.3) is 0 Å². The highest BCUT2D eigenvalue weighted by Crippen LogP contribution is 2.19. The first kappa shape index (κ1) is 7.25. The van der Waals surface area contributed by atoms with E-state index in [9.17, 15) is 0 Å². The van der Waals surface area contributed by atoms with E-state index in [4.69, 9.17) is 0 Å². The van der Waals surface area contributed by atoms with Crippen LogP contribution in [0.25, 0.3) is 0 Å². The molecular formula is C7H13N3. The Morgan fingerprint density at radius 1 is 1.50 bits per heavy atom. The van der Waals surface area contributed by atoms with Crippen molar-refractivity contribution in [2.75, 3.05) is 0 Å². The van der Waals surface area contributed by atoms with E-state index >= 15 is 0 Å². The van der Waals surface area contributed by atoms with Crippen molar-refractivity contribution in [2.24, 2.45) is 16.0 Å². The second kappa shape index (κ2) is 2.40. The molecule has 1 aliphatic heterocycles. The van der Waals surface area contributed by atoms with Crippen LogP contribution in [0.3, 0.4) is 0 Å². The van der Waals surface area contributed by atoms with Crippen LogP contribution in [-0.2, 0) is 0 Å². The zero-order chi connectivity index (χ0) is 7.61. The lowest BCUT2D eigenvalue weighted by Gasteiger charge is -2.26. The monoisotopic (exact) mass is 139 g/mol. The molecule has 3 nitrogen and oxygen atoms in total. The van der Waals surface area contributed by atoms with Crippen molar-refractivity contribution >= 4 is 12.6 Å². The van der Waals surface area contributed by atoms with Gasteiger partial charge in [0.05, 0.1) is 11.8 Å². The Hall–Kier alpha value is -0.860. The predicted molar refractivity (Wildman–Crippen MR) is 43.4 cm³/mol. The molecule has 1 aliphatic rings. The molecule has 0 bridgehead atoms.